The van der Waals surface area contributed by atoms with Crippen molar-refractivity contribution in [2.45, 2.75) is 25.7 Å². The quantitative estimate of drug-likeness (QED) is 0.477. The fourth-order valence-corrected chi connectivity index (χ4v) is 7.46. The number of amides is 4. The molecule has 0 radical (unpaired) electrons. The van der Waals surface area contributed by atoms with E-state index in [1.165, 1.54) is 31.1 Å². The molecule has 9 nitrogen and oxygen atoms in total. The number of hydrogen-bond donors (Lipinski definition) is 1. The van der Waals surface area contributed by atoms with Crippen LogP contribution in [0.4, 0.5) is 5.69 Å². The van der Waals surface area contributed by atoms with Gasteiger partial charge in [0.15, 0.2) is 11.5 Å². The molecule has 2 aliphatic heterocycles. The molecule has 2 aromatic carbocycles. The minimum absolute atomic E-state index is 0.171. The lowest BCUT2D eigenvalue weighted by atomic mass is 9.51. The van der Waals surface area contributed by atoms with Crippen LogP contribution in [0, 0.1) is 29.1 Å². The average molecular weight is 531 g/mol. The van der Waals surface area contributed by atoms with Gasteiger partial charge in [-0.2, -0.15) is 0 Å². The monoisotopic (exact) mass is 530 g/mol. The predicted molar refractivity (Wildman–Crippen MR) is 140 cm³/mol. The predicted octanol–water partition coefficient (Wildman–Crippen LogP) is 3.27. The summed E-state index contributed by atoms with van der Waals surface area (Å²) in [5, 5.41) is 10.6. The number of likely N-dealkylation sites (tertiary alicyclic amines) is 1. The number of allylic oxidation sites excluding steroid dienone is 2. The molecule has 39 heavy (non-hydrogen) atoms. The van der Waals surface area contributed by atoms with Gasteiger partial charge in [0.1, 0.15) is 0 Å². The number of para-hydroxylation sites is 1. The number of anilines is 1. The van der Waals surface area contributed by atoms with Gasteiger partial charge in [-0.05, 0) is 55.5 Å². The van der Waals surface area contributed by atoms with Crippen LogP contribution in [-0.2, 0) is 19.2 Å². The van der Waals surface area contributed by atoms with Crippen LogP contribution in [0.3, 0.4) is 0 Å². The average Bonchev–Trinajstić information content (AvgIpc) is 3.28. The Labute approximate surface area is 226 Å². The first-order valence-corrected chi connectivity index (χ1v) is 13.0. The molecular weight excluding hydrogens is 500 g/mol. The highest BCUT2D eigenvalue weighted by Crippen LogP contribution is 2.64. The van der Waals surface area contributed by atoms with E-state index >= 15 is 0 Å². The highest BCUT2D eigenvalue weighted by atomic mass is 16.5. The molecule has 2 saturated heterocycles. The maximum Gasteiger partial charge on any atom is 0.241 e. The van der Waals surface area contributed by atoms with E-state index in [1.807, 2.05) is 19.1 Å². The van der Waals surface area contributed by atoms with Crippen molar-refractivity contribution in [2.24, 2.45) is 29.1 Å². The summed E-state index contributed by atoms with van der Waals surface area (Å²) in [4.78, 5) is 57.1. The molecule has 6 rings (SSSR count). The molecule has 6 atom stereocenters. The summed E-state index contributed by atoms with van der Waals surface area (Å²) in [6.07, 6.45) is 2.64. The number of benzene rings is 2. The van der Waals surface area contributed by atoms with Crippen molar-refractivity contribution in [3.63, 3.8) is 0 Å². The number of ether oxygens (including phenoxy) is 2. The Morgan fingerprint density at radius 1 is 0.923 bits per heavy atom. The van der Waals surface area contributed by atoms with Gasteiger partial charge in [-0.25, -0.2) is 4.90 Å². The molecule has 9 heteroatoms. The molecule has 202 valence electrons. The number of imide groups is 2. The molecule has 2 aliphatic carbocycles. The summed E-state index contributed by atoms with van der Waals surface area (Å²) >= 11 is 0. The summed E-state index contributed by atoms with van der Waals surface area (Å²) in [5.74, 6) is -3.76. The van der Waals surface area contributed by atoms with Crippen LogP contribution < -0.4 is 14.4 Å². The zero-order valence-corrected chi connectivity index (χ0v) is 22.2. The molecule has 1 N–H and O–H groups in total. The van der Waals surface area contributed by atoms with Crippen LogP contribution in [0.2, 0.25) is 0 Å². The Morgan fingerprint density at radius 2 is 1.56 bits per heavy atom. The number of phenols is 1. The summed E-state index contributed by atoms with van der Waals surface area (Å²) in [6, 6.07) is 12.2. The fourth-order valence-electron chi connectivity index (χ4n) is 7.46. The summed E-state index contributed by atoms with van der Waals surface area (Å²) in [7, 11) is 4.36. The van der Waals surface area contributed by atoms with Gasteiger partial charge in [0.2, 0.25) is 29.4 Å². The van der Waals surface area contributed by atoms with Crippen molar-refractivity contribution in [3.05, 3.63) is 59.7 Å². The Morgan fingerprint density at radius 3 is 2.18 bits per heavy atom. The van der Waals surface area contributed by atoms with Crippen molar-refractivity contribution in [1.29, 1.82) is 0 Å². The van der Waals surface area contributed by atoms with E-state index in [9.17, 15) is 24.3 Å². The second-order valence-corrected chi connectivity index (χ2v) is 11.0. The topological polar surface area (TPSA) is 113 Å². The number of aromatic hydroxyl groups is 1. The maximum atomic E-state index is 14.3. The molecule has 2 heterocycles. The standard InChI is InChI=1S/C30H30N2O7/c1-30-20(27(35)32(29(30)37)16-8-6-5-7-9-16)14-19-17(10-11-18-23(19)28(36)31(2)26(18)34)24(30)15-12-21(38-3)25(33)22(13-15)39-4/h5-10,12-13,18-20,23-24,33H,11,14H2,1-4H3. The lowest BCUT2D eigenvalue weighted by Crippen LogP contribution is -2.48. The van der Waals surface area contributed by atoms with Crippen LogP contribution in [-0.4, -0.2) is 54.9 Å². The third kappa shape index (κ3) is 3.25. The molecule has 0 spiro atoms. The van der Waals surface area contributed by atoms with Crippen LogP contribution in [0.5, 0.6) is 17.2 Å². The van der Waals surface area contributed by atoms with Crippen LogP contribution in [0.15, 0.2) is 54.1 Å². The third-order valence-corrected chi connectivity index (χ3v) is 9.34. The maximum absolute atomic E-state index is 14.3. The highest BCUT2D eigenvalue weighted by Gasteiger charge is 2.67. The van der Waals surface area contributed by atoms with Gasteiger partial charge in [-0.3, -0.25) is 24.1 Å². The van der Waals surface area contributed by atoms with Gasteiger partial charge in [0, 0.05) is 13.0 Å². The summed E-state index contributed by atoms with van der Waals surface area (Å²) in [5.41, 5.74) is 0.790. The number of carbonyl (C=O) groups is 4. The van der Waals surface area contributed by atoms with E-state index in [4.69, 9.17) is 9.47 Å². The summed E-state index contributed by atoms with van der Waals surface area (Å²) < 4.78 is 10.9. The zero-order valence-electron chi connectivity index (χ0n) is 22.2. The van der Waals surface area contributed by atoms with Crippen LogP contribution in [0.1, 0.15) is 31.2 Å². The van der Waals surface area contributed by atoms with Gasteiger partial charge in [0.05, 0.1) is 43.1 Å². The molecule has 0 bridgehead atoms. The first kappa shape index (κ1) is 25.2. The van der Waals surface area contributed by atoms with Gasteiger partial charge < -0.3 is 14.6 Å². The number of carbonyl (C=O) groups excluding carboxylic acids is 4. The number of fused-ring (bicyclic) bond motifs is 4. The van der Waals surface area contributed by atoms with Crippen LogP contribution >= 0.6 is 0 Å². The minimum Gasteiger partial charge on any atom is -0.502 e. The van der Waals surface area contributed by atoms with E-state index in [1.54, 1.807) is 36.4 Å². The van der Waals surface area contributed by atoms with Gasteiger partial charge in [-0.1, -0.05) is 29.8 Å². The SMILES string of the molecule is COc1cc(C2C3=CCC4C(=O)N(C)C(=O)C4C3CC3C(=O)N(c4ccccc4)C(=O)C32C)cc(OC)c1O. The van der Waals surface area contributed by atoms with Crippen molar-refractivity contribution < 1.29 is 33.8 Å². The smallest absolute Gasteiger partial charge is 0.241 e. The molecule has 1 saturated carbocycles. The van der Waals surface area contributed by atoms with Gasteiger partial charge >= 0.3 is 0 Å². The zero-order chi connectivity index (χ0) is 27.8. The Bertz CT molecular complexity index is 1430. The summed E-state index contributed by atoms with van der Waals surface area (Å²) in [6.45, 7) is 1.81. The minimum atomic E-state index is -1.19. The number of rotatable bonds is 4. The third-order valence-electron chi connectivity index (χ3n) is 9.34. The van der Waals surface area contributed by atoms with E-state index in [-0.39, 0.29) is 47.3 Å². The van der Waals surface area contributed by atoms with Crippen molar-refractivity contribution in [3.8, 4) is 17.2 Å². The Hall–Kier alpha value is -4.14. The molecule has 2 aromatic rings. The molecule has 0 aromatic heterocycles. The van der Waals surface area contributed by atoms with Gasteiger partial charge in [0.25, 0.3) is 0 Å². The molecular formula is C30H30N2O7. The highest BCUT2D eigenvalue weighted by molar-refractivity contribution is 6.24. The molecule has 4 aliphatic rings. The lowest BCUT2D eigenvalue weighted by molar-refractivity contribution is -0.138. The molecule has 3 fully saturated rings. The van der Waals surface area contributed by atoms with E-state index < -0.39 is 35.0 Å². The largest absolute Gasteiger partial charge is 0.502 e. The second-order valence-electron chi connectivity index (χ2n) is 11.0. The normalized spacial score (nSPS) is 31.6. The second kappa shape index (κ2) is 8.69. The van der Waals surface area contributed by atoms with Crippen LogP contribution in [0.25, 0.3) is 0 Å². The molecule has 4 amide bonds. The van der Waals surface area contributed by atoms with Crippen molar-refractivity contribution in [2.75, 3.05) is 26.2 Å². The van der Waals surface area contributed by atoms with E-state index in [0.29, 0.717) is 17.7 Å². The van der Waals surface area contributed by atoms with E-state index in [2.05, 4.69) is 0 Å². The first-order valence-electron chi connectivity index (χ1n) is 13.0. The van der Waals surface area contributed by atoms with Crippen molar-refractivity contribution >= 4 is 29.3 Å². The van der Waals surface area contributed by atoms with Crippen molar-refractivity contribution in [1.82, 2.24) is 4.90 Å². The lowest BCUT2D eigenvalue weighted by Gasteiger charge is -2.49. The number of hydrogen-bond acceptors (Lipinski definition) is 7. The number of nitrogens with zero attached hydrogens (tertiary/aromatic N) is 2. The Balaban J connectivity index is 1.58. The molecule has 6 unspecified atom stereocenters. The number of phenolic OH excluding ortho intramolecular Hbond substituents is 1. The Kier molecular flexibility index (Phi) is 5.61. The van der Waals surface area contributed by atoms with E-state index in [0.717, 1.165) is 5.57 Å². The first-order chi connectivity index (χ1) is 18.6. The number of methoxy groups -OCH3 is 2. The fraction of sp³-hybridized carbons (Fsp3) is 0.400. The van der Waals surface area contributed by atoms with Gasteiger partial charge in [-0.15, -0.1) is 0 Å².